The molecule has 1 fully saturated rings. The third-order valence-electron chi connectivity index (χ3n) is 3.35. The second-order valence-electron chi connectivity index (χ2n) is 4.87. The monoisotopic (exact) mass is 249 g/mol. The first-order valence-corrected chi connectivity index (χ1v) is 7.19. The molecular weight excluding hydrogens is 230 g/mol. The summed E-state index contributed by atoms with van der Waals surface area (Å²) in [5.74, 6) is 0.751. The van der Waals surface area contributed by atoms with Crippen LogP contribution in [-0.4, -0.2) is 16.4 Å². The molecule has 0 spiro atoms. The lowest BCUT2D eigenvalue weighted by Gasteiger charge is -2.32. The van der Waals surface area contributed by atoms with Gasteiger partial charge in [0.2, 0.25) is 5.12 Å². The lowest BCUT2D eigenvalue weighted by molar-refractivity contribution is 0.108. The van der Waals surface area contributed by atoms with Gasteiger partial charge in [0.1, 0.15) is 0 Å². The Labute approximate surface area is 107 Å². The minimum Gasteiger partial charge on any atom is -0.324 e. The van der Waals surface area contributed by atoms with E-state index in [4.69, 9.17) is 5.73 Å². The third-order valence-corrected chi connectivity index (χ3v) is 4.57. The molecule has 0 radical (unpaired) electrons. The SMILES string of the molecule is NC1(CSC(=O)c2ccccc2)CCCCC1. The van der Waals surface area contributed by atoms with Crippen LogP contribution in [-0.2, 0) is 0 Å². The summed E-state index contributed by atoms with van der Waals surface area (Å²) in [7, 11) is 0. The fourth-order valence-corrected chi connectivity index (χ4v) is 3.28. The Hall–Kier alpha value is -0.800. The Morgan fingerprint density at radius 1 is 1.18 bits per heavy atom. The number of carbonyl (C=O) groups excluding carboxylic acids is 1. The van der Waals surface area contributed by atoms with Crippen LogP contribution >= 0.6 is 11.8 Å². The van der Waals surface area contributed by atoms with Crippen LogP contribution in [0.1, 0.15) is 42.5 Å². The zero-order valence-corrected chi connectivity index (χ0v) is 10.8. The van der Waals surface area contributed by atoms with E-state index in [1.54, 1.807) is 0 Å². The maximum atomic E-state index is 11.9. The molecule has 3 heteroatoms. The van der Waals surface area contributed by atoms with Crippen LogP contribution in [0.15, 0.2) is 30.3 Å². The van der Waals surface area contributed by atoms with Crippen molar-refractivity contribution in [2.75, 3.05) is 5.75 Å². The second kappa shape index (κ2) is 5.69. The molecule has 1 aromatic carbocycles. The highest BCUT2D eigenvalue weighted by Gasteiger charge is 2.28. The van der Waals surface area contributed by atoms with Gasteiger partial charge in [0.25, 0.3) is 0 Å². The molecule has 0 unspecified atom stereocenters. The predicted octanol–water partition coefficient (Wildman–Crippen LogP) is 3.22. The number of hydrogen-bond donors (Lipinski definition) is 1. The van der Waals surface area contributed by atoms with Gasteiger partial charge in [-0.15, -0.1) is 0 Å². The lowest BCUT2D eigenvalue weighted by atomic mass is 9.84. The van der Waals surface area contributed by atoms with Gasteiger partial charge in [0, 0.05) is 16.9 Å². The highest BCUT2D eigenvalue weighted by Crippen LogP contribution is 2.29. The van der Waals surface area contributed by atoms with Crippen LogP contribution in [0.3, 0.4) is 0 Å². The van der Waals surface area contributed by atoms with E-state index >= 15 is 0 Å². The first-order chi connectivity index (χ1) is 8.20. The largest absolute Gasteiger partial charge is 0.324 e. The molecule has 2 nitrogen and oxygen atoms in total. The molecule has 0 bridgehead atoms. The van der Waals surface area contributed by atoms with Crippen molar-refractivity contribution in [1.29, 1.82) is 0 Å². The first-order valence-electron chi connectivity index (χ1n) is 6.21. The van der Waals surface area contributed by atoms with Crippen molar-refractivity contribution in [2.45, 2.75) is 37.6 Å². The van der Waals surface area contributed by atoms with Crippen LogP contribution in [0, 0.1) is 0 Å². The zero-order chi connectivity index (χ0) is 12.1. The average molecular weight is 249 g/mol. The molecule has 0 aromatic heterocycles. The summed E-state index contributed by atoms with van der Waals surface area (Å²) in [6, 6.07) is 9.44. The van der Waals surface area contributed by atoms with Crippen LogP contribution in [0.25, 0.3) is 0 Å². The van der Waals surface area contributed by atoms with Crippen molar-refractivity contribution in [2.24, 2.45) is 5.73 Å². The topological polar surface area (TPSA) is 43.1 Å². The van der Waals surface area contributed by atoms with Crippen molar-refractivity contribution in [3.63, 3.8) is 0 Å². The van der Waals surface area contributed by atoms with Gasteiger partial charge in [0.15, 0.2) is 0 Å². The second-order valence-corrected chi connectivity index (χ2v) is 5.81. The normalized spacial score (nSPS) is 18.9. The van der Waals surface area contributed by atoms with E-state index in [2.05, 4.69) is 0 Å². The molecule has 2 rings (SSSR count). The molecule has 17 heavy (non-hydrogen) atoms. The standard InChI is InChI=1S/C14H19NOS/c15-14(9-5-2-6-10-14)11-17-13(16)12-7-3-1-4-8-12/h1,3-4,7-8H,2,5-6,9-11,15H2. The van der Waals surface area contributed by atoms with Gasteiger partial charge in [0.05, 0.1) is 0 Å². The van der Waals surface area contributed by atoms with Gasteiger partial charge >= 0.3 is 0 Å². The fraction of sp³-hybridized carbons (Fsp3) is 0.500. The van der Waals surface area contributed by atoms with E-state index in [-0.39, 0.29) is 10.7 Å². The lowest BCUT2D eigenvalue weighted by Crippen LogP contribution is -2.44. The minimum absolute atomic E-state index is 0.118. The molecule has 92 valence electrons. The van der Waals surface area contributed by atoms with Gasteiger partial charge in [-0.1, -0.05) is 61.4 Å². The van der Waals surface area contributed by atoms with Gasteiger partial charge in [-0.2, -0.15) is 0 Å². The molecule has 1 aliphatic carbocycles. The summed E-state index contributed by atoms with van der Waals surface area (Å²) >= 11 is 1.37. The molecule has 0 aliphatic heterocycles. The van der Waals surface area contributed by atoms with E-state index in [0.717, 1.165) is 24.2 Å². The number of thioether (sulfide) groups is 1. The summed E-state index contributed by atoms with van der Waals surface area (Å²) in [6.07, 6.45) is 5.81. The summed E-state index contributed by atoms with van der Waals surface area (Å²) in [4.78, 5) is 11.9. The molecule has 0 heterocycles. The predicted molar refractivity (Wildman–Crippen MR) is 73.2 cm³/mol. The van der Waals surface area contributed by atoms with Crippen molar-refractivity contribution in [3.8, 4) is 0 Å². The van der Waals surface area contributed by atoms with Crippen molar-refractivity contribution < 1.29 is 4.79 Å². The molecule has 1 aromatic rings. The number of rotatable bonds is 3. The fourth-order valence-electron chi connectivity index (χ4n) is 2.27. The van der Waals surface area contributed by atoms with Gasteiger partial charge < -0.3 is 5.73 Å². The quantitative estimate of drug-likeness (QED) is 0.894. The van der Waals surface area contributed by atoms with E-state index in [0.29, 0.717) is 0 Å². The Bertz CT molecular complexity index is 371. The number of nitrogens with two attached hydrogens (primary N) is 1. The Morgan fingerprint density at radius 3 is 2.47 bits per heavy atom. The summed E-state index contributed by atoms with van der Waals surface area (Å²) in [5.41, 5.74) is 6.97. The number of carbonyl (C=O) groups is 1. The summed E-state index contributed by atoms with van der Waals surface area (Å²) in [5, 5.41) is 0.140. The maximum absolute atomic E-state index is 11.9. The maximum Gasteiger partial charge on any atom is 0.219 e. The van der Waals surface area contributed by atoms with Gasteiger partial charge in [-0.25, -0.2) is 0 Å². The summed E-state index contributed by atoms with van der Waals surface area (Å²) in [6.45, 7) is 0. The average Bonchev–Trinajstić information content (AvgIpc) is 2.38. The smallest absolute Gasteiger partial charge is 0.219 e. The molecule has 0 amide bonds. The Kier molecular flexibility index (Phi) is 4.24. The molecule has 2 N–H and O–H groups in total. The van der Waals surface area contributed by atoms with E-state index in [1.807, 2.05) is 30.3 Å². The Balaban J connectivity index is 1.87. The van der Waals surface area contributed by atoms with Crippen LogP contribution < -0.4 is 5.73 Å². The molecule has 1 aliphatic rings. The zero-order valence-electron chi connectivity index (χ0n) is 10.0. The van der Waals surface area contributed by atoms with Gasteiger partial charge in [-0.05, 0) is 12.8 Å². The highest BCUT2D eigenvalue weighted by atomic mass is 32.2. The molecule has 0 atom stereocenters. The molecular formula is C14H19NOS. The van der Waals surface area contributed by atoms with E-state index in [1.165, 1.54) is 31.0 Å². The van der Waals surface area contributed by atoms with Crippen LogP contribution in [0.4, 0.5) is 0 Å². The van der Waals surface area contributed by atoms with Crippen molar-refractivity contribution >= 4 is 16.9 Å². The molecule has 0 saturated heterocycles. The van der Waals surface area contributed by atoms with Crippen molar-refractivity contribution in [3.05, 3.63) is 35.9 Å². The number of benzene rings is 1. The van der Waals surface area contributed by atoms with Crippen molar-refractivity contribution in [1.82, 2.24) is 0 Å². The molecule has 1 saturated carbocycles. The number of hydrogen-bond acceptors (Lipinski definition) is 3. The van der Waals surface area contributed by atoms with E-state index in [9.17, 15) is 4.79 Å². The third kappa shape index (κ3) is 3.58. The minimum atomic E-state index is -0.118. The van der Waals surface area contributed by atoms with Gasteiger partial charge in [-0.3, -0.25) is 4.79 Å². The first kappa shape index (κ1) is 12.7. The summed E-state index contributed by atoms with van der Waals surface area (Å²) < 4.78 is 0. The van der Waals surface area contributed by atoms with Crippen LogP contribution in [0.2, 0.25) is 0 Å². The van der Waals surface area contributed by atoms with Crippen LogP contribution in [0.5, 0.6) is 0 Å². The van der Waals surface area contributed by atoms with E-state index < -0.39 is 0 Å². The highest BCUT2D eigenvalue weighted by molar-refractivity contribution is 8.14. The Morgan fingerprint density at radius 2 is 1.82 bits per heavy atom.